The van der Waals surface area contributed by atoms with Crippen molar-refractivity contribution in [1.82, 2.24) is 0 Å². The zero-order valence-corrected chi connectivity index (χ0v) is 14.8. The van der Waals surface area contributed by atoms with E-state index >= 15 is 0 Å². The molecule has 0 radical (unpaired) electrons. The number of unbranched alkanes of at least 4 members (excludes halogenated alkanes) is 2. The van der Waals surface area contributed by atoms with Crippen LogP contribution in [0.1, 0.15) is 52.0 Å². The number of esters is 1. The van der Waals surface area contributed by atoms with Crippen LogP contribution in [0.25, 0.3) is 0 Å². The van der Waals surface area contributed by atoms with E-state index in [4.69, 9.17) is 21.1 Å². The molecule has 0 spiro atoms. The lowest BCUT2D eigenvalue weighted by Gasteiger charge is -2.15. The van der Waals surface area contributed by atoms with Crippen molar-refractivity contribution in [2.45, 2.75) is 59.5 Å². The molecule has 0 heterocycles. The van der Waals surface area contributed by atoms with Gasteiger partial charge in [-0.2, -0.15) is 0 Å². The fraction of sp³-hybridized carbons (Fsp3) is 0.611. The van der Waals surface area contributed by atoms with Crippen LogP contribution >= 0.6 is 11.6 Å². The molecule has 1 unspecified atom stereocenters. The Morgan fingerprint density at radius 2 is 1.91 bits per heavy atom. The molecule has 0 aliphatic heterocycles. The Bertz CT molecular complexity index is 471. The minimum atomic E-state index is -0.615. The van der Waals surface area contributed by atoms with Gasteiger partial charge in [-0.15, -0.1) is 0 Å². The topological polar surface area (TPSA) is 35.5 Å². The molecule has 22 heavy (non-hydrogen) atoms. The molecule has 3 nitrogen and oxygen atoms in total. The summed E-state index contributed by atoms with van der Waals surface area (Å²) >= 11 is 5.90. The molecule has 0 saturated carbocycles. The summed E-state index contributed by atoms with van der Waals surface area (Å²) < 4.78 is 10.9. The Hall–Kier alpha value is -1.22. The highest BCUT2D eigenvalue weighted by Gasteiger charge is 2.17. The van der Waals surface area contributed by atoms with Crippen molar-refractivity contribution in [2.24, 2.45) is 5.92 Å². The molecule has 0 bridgehead atoms. The maximum Gasteiger partial charge on any atom is 0.347 e. The number of rotatable bonds is 9. The lowest BCUT2D eigenvalue weighted by Crippen LogP contribution is -2.26. The van der Waals surface area contributed by atoms with Gasteiger partial charge in [-0.05, 0) is 49.9 Å². The predicted molar refractivity (Wildman–Crippen MR) is 90.5 cm³/mol. The van der Waals surface area contributed by atoms with Crippen LogP contribution in [-0.4, -0.2) is 18.7 Å². The number of aryl methyl sites for hydroxylation is 1. The largest absolute Gasteiger partial charge is 0.479 e. The van der Waals surface area contributed by atoms with Gasteiger partial charge in [0.1, 0.15) is 5.75 Å². The third-order valence-corrected chi connectivity index (χ3v) is 3.68. The van der Waals surface area contributed by atoms with Crippen molar-refractivity contribution in [3.8, 4) is 5.75 Å². The number of halogens is 1. The van der Waals surface area contributed by atoms with E-state index in [0.717, 1.165) is 24.3 Å². The zero-order chi connectivity index (χ0) is 16.5. The summed E-state index contributed by atoms with van der Waals surface area (Å²) in [4.78, 5) is 11.9. The second kappa shape index (κ2) is 9.73. The first-order valence-corrected chi connectivity index (χ1v) is 8.37. The second-order valence-corrected chi connectivity index (χ2v) is 6.52. The van der Waals surface area contributed by atoms with Crippen molar-refractivity contribution in [3.63, 3.8) is 0 Å². The van der Waals surface area contributed by atoms with Gasteiger partial charge in [0.15, 0.2) is 6.10 Å². The van der Waals surface area contributed by atoms with Crippen LogP contribution in [0, 0.1) is 12.8 Å². The average molecular weight is 327 g/mol. The summed E-state index contributed by atoms with van der Waals surface area (Å²) in [7, 11) is 0. The number of carbonyl (C=O) groups is 1. The summed E-state index contributed by atoms with van der Waals surface area (Å²) in [5.74, 6) is 1.07. The molecule has 0 saturated heterocycles. The third-order valence-electron chi connectivity index (χ3n) is 3.44. The third kappa shape index (κ3) is 7.17. The van der Waals surface area contributed by atoms with Gasteiger partial charge in [-0.25, -0.2) is 4.79 Å². The number of ether oxygens (including phenoxy) is 2. The molecule has 4 heteroatoms. The lowest BCUT2D eigenvalue weighted by atomic mass is 10.1. The standard InChI is InChI=1S/C18H27ClO3/c1-13(2)8-6-5-7-11-21-18(20)15(4)22-17-10-9-16(19)12-14(17)3/h9-10,12-13,15H,5-8,11H2,1-4H3. The first-order chi connectivity index (χ1) is 10.4. The van der Waals surface area contributed by atoms with Gasteiger partial charge in [-0.3, -0.25) is 0 Å². The molecule has 0 fully saturated rings. The summed E-state index contributed by atoms with van der Waals surface area (Å²) in [6, 6.07) is 5.33. The van der Waals surface area contributed by atoms with Crippen LogP contribution in [0.4, 0.5) is 0 Å². The Kier molecular flexibility index (Phi) is 8.32. The van der Waals surface area contributed by atoms with Gasteiger partial charge >= 0.3 is 5.97 Å². The van der Waals surface area contributed by atoms with Crippen molar-refractivity contribution >= 4 is 17.6 Å². The van der Waals surface area contributed by atoms with Crippen LogP contribution in [0.2, 0.25) is 5.02 Å². The van der Waals surface area contributed by atoms with Gasteiger partial charge in [-0.1, -0.05) is 44.7 Å². The number of hydrogen-bond donors (Lipinski definition) is 0. The number of benzene rings is 1. The Labute approximate surface area is 139 Å². The molecule has 124 valence electrons. The molecule has 0 aromatic heterocycles. The first-order valence-electron chi connectivity index (χ1n) is 7.99. The van der Waals surface area contributed by atoms with Crippen molar-refractivity contribution in [2.75, 3.05) is 6.61 Å². The van der Waals surface area contributed by atoms with E-state index in [0.29, 0.717) is 17.4 Å². The SMILES string of the molecule is Cc1cc(Cl)ccc1OC(C)C(=O)OCCCCCC(C)C. The Balaban J connectivity index is 2.27. The summed E-state index contributed by atoms with van der Waals surface area (Å²) in [6.07, 6.45) is 3.80. The molecule has 0 aliphatic rings. The van der Waals surface area contributed by atoms with Crippen LogP contribution in [-0.2, 0) is 9.53 Å². The zero-order valence-electron chi connectivity index (χ0n) is 14.0. The maximum absolute atomic E-state index is 11.9. The lowest BCUT2D eigenvalue weighted by molar-refractivity contribution is -0.151. The monoisotopic (exact) mass is 326 g/mol. The fourth-order valence-electron chi connectivity index (χ4n) is 2.11. The summed E-state index contributed by atoms with van der Waals surface area (Å²) in [5.41, 5.74) is 0.904. The van der Waals surface area contributed by atoms with E-state index in [2.05, 4.69) is 13.8 Å². The number of carbonyl (C=O) groups excluding carboxylic acids is 1. The predicted octanol–water partition coefficient (Wildman–Crippen LogP) is 5.18. The Morgan fingerprint density at radius 1 is 1.18 bits per heavy atom. The maximum atomic E-state index is 11.9. The Morgan fingerprint density at radius 3 is 2.55 bits per heavy atom. The molecular formula is C18H27ClO3. The van der Waals surface area contributed by atoms with E-state index < -0.39 is 6.10 Å². The fourth-order valence-corrected chi connectivity index (χ4v) is 2.33. The smallest absolute Gasteiger partial charge is 0.347 e. The highest BCUT2D eigenvalue weighted by Crippen LogP contribution is 2.23. The van der Waals surface area contributed by atoms with E-state index in [1.165, 1.54) is 12.8 Å². The van der Waals surface area contributed by atoms with Crippen LogP contribution in [0.5, 0.6) is 5.75 Å². The van der Waals surface area contributed by atoms with Gasteiger partial charge in [0.25, 0.3) is 0 Å². The molecular weight excluding hydrogens is 300 g/mol. The summed E-state index contributed by atoms with van der Waals surface area (Å²) in [6.45, 7) is 8.50. The van der Waals surface area contributed by atoms with Crippen LogP contribution in [0.3, 0.4) is 0 Å². The minimum absolute atomic E-state index is 0.321. The summed E-state index contributed by atoms with van der Waals surface area (Å²) in [5, 5.41) is 0.654. The second-order valence-electron chi connectivity index (χ2n) is 6.08. The van der Waals surface area contributed by atoms with Crippen molar-refractivity contribution in [3.05, 3.63) is 28.8 Å². The highest BCUT2D eigenvalue weighted by atomic mass is 35.5. The van der Waals surface area contributed by atoms with Crippen LogP contribution in [0.15, 0.2) is 18.2 Å². The molecule has 1 aromatic carbocycles. The van der Waals surface area contributed by atoms with Gasteiger partial charge in [0.2, 0.25) is 0 Å². The normalized spacial score (nSPS) is 12.3. The first kappa shape index (κ1) is 18.8. The van der Waals surface area contributed by atoms with E-state index in [1.54, 1.807) is 19.1 Å². The minimum Gasteiger partial charge on any atom is -0.479 e. The molecule has 0 N–H and O–H groups in total. The molecule has 0 amide bonds. The van der Waals surface area contributed by atoms with E-state index in [9.17, 15) is 4.79 Å². The van der Waals surface area contributed by atoms with Gasteiger partial charge in [0.05, 0.1) is 6.61 Å². The molecule has 1 aromatic rings. The molecule has 1 rings (SSSR count). The van der Waals surface area contributed by atoms with Gasteiger partial charge in [0, 0.05) is 5.02 Å². The molecule has 1 atom stereocenters. The van der Waals surface area contributed by atoms with Crippen molar-refractivity contribution < 1.29 is 14.3 Å². The van der Waals surface area contributed by atoms with Gasteiger partial charge < -0.3 is 9.47 Å². The van der Waals surface area contributed by atoms with E-state index in [-0.39, 0.29) is 5.97 Å². The number of hydrogen-bond acceptors (Lipinski definition) is 3. The average Bonchev–Trinajstić information content (AvgIpc) is 2.45. The highest BCUT2D eigenvalue weighted by molar-refractivity contribution is 6.30. The van der Waals surface area contributed by atoms with E-state index in [1.807, 2.05) is 13.0 Å². The van der Waals surface area contributed by atoms with Crippen molar-refractivity contribution in [1.29, 1.82) is 0 Å². The molecule has 0 aliphatic carbocycles. The van der Waals surface area contributed by atoms with Crippen LogP contribution < -0.4 is 4.74 Å². The quantitative estimate of drug-likeness (QED) is 0.463.